The molecule has 0 saturated carbocycles. The molecule has 0 bridgehead atoms. The summed E-state index contributed by atoms with van der Waals surface area (Å²) in [5, 5.41) is 11.6. The highest BCUT2D eigenvalue weighted by molar-refractivity contribution is 8.76. The normalized spacial score (nSPS) is 13.1. The Hall–Kier alpha value is -1.58. The van der Waals surface area contributed by atoms with Gasteiger partial charge in [0.2, 0.25) is 0 Å². The quantitative estimate of drug-likeness (QED) is 0.362. The molecule has 7 nitrogen and oxygen atoms in total. The smallest absolute Gasteiger partial charge is 0.407 e. The van der Waals surface area contributed by atoms with Crippen LogP contribution in [-0.4, -0.2) is 41.3 Å². The predicted molar refractivity (Wildman–Crippen MR) is 98.8 cm³/mol. The monoisotopic (exact) mass is 373 g/mol. The molecule has 1 aromatic rings. The highest BCUT2D eigenvalue weighted by Crippen LogP contribution is 2.26. The van der Waals surface area contributed by atoms with Gasteiger partial charge in [-0.2, -0.15) is 0 Å². The summed E-state index contributed by atoms with van der Waals surface area (Å²) in [6.07, 6.45) is 2.36. The van der Waals surface area contributed by atoms with Gasteiger partial charge < -0.3 is 26.6 Å². The van der Waals surface area contributed by atoms with E-state index in [0.717, 1.165) is 5.56 Å². The molecule has 0 aliphatic carbocycles. The average Bonchev–Trinajstić information content (AvgIpc) is 2.56. The largest absolute Gasteiger partial charge is 0.480 e. The molecular formula is C15H23N3O4S2. The molecule has 0 aromatic heterocycles. The molecular weight excluding hydrogens is 350 g/mol. The first-order valence-electron chi connectivity index (χ1n) is 7.35. The molecule has 0 fully saturated rings. The average molecular weight is 374 g/mol. The number of carboxylic acid groups (broad SMARTS) is 1. The predicted octanol–water partition coefficient (Wildman–Crippen LogP) is 2.07. The topological polar surface area (TPSA) is 128 Å². The molecule has 0 heterocycles. The number of hydrogen-bond donors (Lipinski definition) is 4. The molecule has 0 saturated heterocycles. The van der Waals surface area contributed by atoms with Crippen LogP contribution in [0.1, 0.15) is 18.4 Å². The summed E-state index contributed by atoms with van der Waals surface area (Å²) in [4.78, 5) is 22.5. The Kier molecular flexibility index (Phi) is 9.43. The summed E-state index contributed by atoms with van der Waals surface area (Å²) in [5.41, 5.74) is 12.6. The summed E-state index contributed by atoms with van der Waals surface area (Å²) >= 11 is 0. The second-order valence-corrected chi connectivity index (χ2v) is 7.88. The van der Waals surface area contributed by atoms with Crippen LogP contribution in [0.5, 0.6) is 0 Å². The van der Waals surface area contributed by atoms with E-state index in [1.165, 1.54) is 0 Å². The lowest BCUT2D eigenvalue weighted by molar-refractivity contribution is -0.138. The number of ether oxygens (including phenoxy) is 1. The summed E-state index contributed by atoms with van der Waals surface area (Å²) in [6.45, 7) is 0.550. The van der Waals surface area contributed by atoms with Gasteiger partial charge in [-0.15, -0.1) is 0 Å². The van der Waals surface area contributed by atoms with Crippen LogP contribution in [0.4, 0.5) is 10.5 Å². The van der Waals surface area contributed by atoms with Gasteiger partial charge in [0, 0.05) is 17.5 Å². The number of alkyl carbamates (subject to hydrolysis) is 1. The zero-order valence-corrected chi connectivity index (χ0v) is 15.1. The SMILES string of the molecule is CSS[C@@H](CC[C@H](N)C(=O)O)CNC(=O)OCc1ccc(N)cc1. The molecule has 24 heavy (non-hydrogen) atoms. The van der Waals surface area contributed by atoms with Crippen molar-refractivity contribution in [1.29, 1.82) is 0 Å². The number of aliphatic carboxylic acids is 1. The van der Waals surface area contributed by atoms with Crippen LogP contribution in [0.15, 0.2) is 24.3 Å². The van der Waals surface area contributed by atoms with Crippen molar-refractivity contribution in [3.05, 3.63) is 29.8 Å². The number of hydrogen-bond acceptors (Lipinski definition) is 7. The van der Waals surface area contributed by atoms with Crippen molar-refractivity contribution >= 4 is 39.3 Å². The van der Waals surface area contributed by atoms with Crippen molar-refractivity contribution in [2.24, 2.45) is 5.73 Å². The molecule has 0 spiro atoms. The Morgan fingerprint density at radius 3 is 2.54 bits per heavy atom. The maximum Gasteiger partial charge on any atom is 0.407 e. The molecule has 0 aliphatic heterocycles. The van der Waals surface area contributed by atoms with E-state index in [-0.39, 0.29) is 11.9 Å². The maximum atomic E-state index is 11.7. The number of carboxylic acids is 1. The van der Waals surface area contributed by atoms with Gasteiger partial charge in [-0.1, -0.05) is 33.7 Å². The highest BCUT2D eigenvalue weighted by Gasteiger charge is 2.17. The highest BCUT2D eigenvalue weighted by atomic mass is 33.1. The summed E-state index contributed by atoms with van der Waals surface area (Å²) in [5.74, 6) is -1.02. The van der Waals surface area contributed by atoms with Crippen molar-refractivity contribution in [3.63, 3.8) is 0 Å². The number of amides is 1. The lowest BCUT2D eigenvalue weighted by Crippen LogP contribution is -2.34. The third kappa shape index (κ3) is 8.32. The fourth-order valence-corrected chi connectivity index (χ4v) is 3.79. The van der Waals surface area contributed by atoms with Gasteiger partial charge in [0.1, 0.15) is 12.6 Å². The lowest BCUT2D eigenvalue weighted by Gasteiger charge is -2.17. The van der Waals surface area contributed by atoms with E-state index in [0.29, 0.717) is 25.1 Å². The van der Waals surface area contributed by atoms with Crippen LogP contribution < -0.4 is 16.8 Å². The zero-order chi connectivity index (χ0) is 17.9. The standard InChI is InChI=1S/C15H23N3O4S2/c1-23-24-12(6-7-13(17)14(19)20)8-18-15(21)22-9-10-2-4-11(16)5-3-10/h2-5,12-13H,6-9,16-17H2,1H3,(H,18,21)(H,19,20)/t12-,13-/m0/s1. The van der Waals surface area contributed by atoms with Crippen LogP contribution >= 0.6 is 21.6 Å². The van der Waals surface area contributed by atoms with Crippen LogP contribution in [0.3, 0.4) is 0 Å². The van der Waals surface area contributed by atoms with Gasteiger partial charge in [-0.25, -0.2) is 4.79 Å². The minimum Gasteiger partial charge on any atom is -0.480 e. The number of rotatable bonds is 10. The van der Waals surface area contributed by atoms with Gasteiger partial charge in [0.05, 0.1) is 0 Å². The zero-order valence-electron chi connectivity index (χ0n) is 13.4. The first kappa shape index (κ1) is 20.5. The number of nitrogens with one attached hydrogen (secondary N) is 1. The van der Waals surface area contributed by atoms with E-state index in [9.17, 15) is 9.59 Å². The summed E-state index contributed by atoms with van der Waals surface area (Å²) in [6, 6.07) is 6.19. The van der Waals surface area contributed by atoms with Crippen molar-refractivity contribution in [2.75, 3.05) is 18.5 Å². The van der Waals surface area contributed by atoms with E-state index in [2.05, 4.69) is 5.32 Å². The van der Waals surface area contributed by atoms with Crippen LogP contribution in [0.2, 0.25) is 0 Å². The Bertz CT molecular complexity index is 528. The van der Waals surface area contributed by atoms with E-state index >= 15 is 0 Å². The fourth-order valence-electron chi connectivity index (χ4n) is 1.82. The van der Waals surface area contributed by atoms with E-state index < -0.39 is 18.1 Å². The molecule has 9 heteroatoms. The minimum atomic E-state index is -1.02. The molecule has 0 aliphatic rings. The number of carbonyl (C=O) groups excluding carboxylic acids is 1. The Morgan fingerprint density at radius 2 is 1.96 bits per heavy atom. The molecule has 6 N–H and O–H groups in total. The van der Waals surface area contributed by atoms with Gasteiger partial charge in [-0.05, 0) is 36.8 Å². The Labute approximate surface area is 149 Å². The third-order valence-electron chi connectivity index (χ3n) is 3.17. The maximum absolute atomic E-state index is 11.7. The first-order chi connectivity index (χ1) is 11.4. The number of carbonyl (C=O) groups is 2. The fraction of sp³-hybridized carbons (Fsp3) is 0.467. The Balaban J connectivity index is 2.32. The first-order valence-corrected chi connectivity index (χ1v) is 9.97. The van der Waals surface area contributed by atoms with Gasteiger partial charge in [0.15, 0.2) is 0 Å². The van der Waals surface area contributed by atoms with E-state index in [1.807, 2.05) is 6.26 Å². The second kappa shape index (κ2) is 11.1. The third-order valence-corrected chi connectivity index (χ3v) is 5.43. The van der Waals surface area contributed by atoms with Crippen LogP contribution in [-0.2, 0) is 16.1 Å². The van der Waals surface area contributed by atoms with E-state index in [1.54, 1.807) is 45.9 Å². The molecule has 2 atom stereocenters. The number of nitrogen functional groups attached to an aromatic ring is 1. The number of anilines is 1. The number of nitrogens with two attached hydrogens (primary N) is 2. The molecule has 1 amide bonds. The molecule has 134 valence electrons. The van der Waals surface area contributed by atoms with Crippen molar-refractivity contribution in [3.8, 4) is 0 Å². The van der Waals surface area contributed by atoms with Crippen molar-refractivity contribution in [2.45, 2.75) is 30.7 Å². The second-order valence-electron chi connectivity index (χ2n) is 5.11. The lowest BCUT2D eigenvalue weighted by atomic mass is 10.1. The van der Waals surface area contributed by atoms with Gasteiger partial charge in [-0.3, -0.25) is 4.79 Å². The van der Waals surface area contributed by atoms with Gasteiger partial charge in [0.25, 0.3) is 0 Å². The van der Waals surface area contributed by atoms with Crippen molar-refractivity contribution < 1.29 is 19.4 Å². The molecule has 1 rings (SSSR count). The summed E-state index contributed by atoms with van der Waals surface area (Å²) < 4.78 is 5.13. The van der Waals surface area contributed by atoms with Crippen LogP contribution in [0.25, 0.3) is 0 Å². The van der Waals surface area contributed by atoms with E-state index in [4.69, 9.17) is 21.3 Å². The van der Waals surface area contributed by atoms with Gasteiger partial charge >= 0.3 is 12.1 Å². The molecule has 1 aromatic carbocycles. The van der Waals surface area contributed by atoms with Crippen molar-refractivity contribution in [1.82, 2.24) is 5.32 Å². The minimum absolute atomic E-state index is 0.0643. The van der Waals surface area contributed by atoms with Crippen LogP contribution in [0, 0.1) is 0 Å². The Morgan fingerprint density at radius 1 is 1.29 bits per heavy atom. The summed E-state index contributed by atoms with van der Waals surface area (Å²) in [7, 11) is 3.13. The molecule has 0 radical (unpaired) electrons. The molecule has 0 unspecified atom stereocenters. The number of benzene rings is 1.